The highest BCUT2D eigenvalue weighted by atomic mass is 35.5. The molecule has 15 heteroatoms. The second-order valence-electron chi connectivity index (χ2n) is 10.4. The van der Waals surface area contributed by atoms with Gasteiger partial charge in [-0.15, -0.1) is 0 Å². The molecule has 1 aliphatic heterocycles. The predicted molar refractivity (Wildman–Crippen MR) is 141 cm³/mol. The standard InChI is InChI=1S/C26H24Cl2F7N5O/c1-39-20-11-19(40-6-2-14(3-7-40)25(30,31)32)15(27)10-17(20)37-23(39)38-18-9-13(8-16(29)21(18)28)12-36-22(41)24(4-5-24)26(33,34)35/h8-11,14H,2-7,12H2,1H3,(H,36,41)(H,37,38). The lowest BCUT2D eigenvalue weighted by atomic mass is 9.96. The van der Waals surface area contributed by atoms with Crippen LogP contribution in [0.4, 0.5) is 48.1 Å². The van der Waals surface area contributed by atoms with Crippen LogP contribution >= 0.6 is 23.2 Å². The van der Waals surface area contributed by atoms with Gasteiger partial charge in [-0.25, -0.2) is 9.37 Å². The Morgan fingerprint density at radius 3 is 2.32 bits per heavy atom. The molecular weight excluding hydrogens is 602 g/mol. The summed E-state index contributed by atoms with van der Waals surface area (Å²) in [5, 5.41) is 5.15. The van der Waals surface area contributed by atoms with Gasteiger partial charge in [0.1, 0.15) is 11.2 Å². The second-order valence-corrected chi connectivity index (χ2v) is 11.2. The first-order chi connectivity index (χ1) is 19.1. The van der Waals surface area contributed by atoms with E-state index < -0.39 is 35.4 Å². The van der Waals surface area contributed by atoms with Gasteiger partial charge < -0.3 is 20.1 Å². The smallest absolute Gasteiger partial charge is 0.370 e. The number of piperidine rings is 1. The maximum absolute atomic E-state index is 14.6. The SMILES string of the molecule is Cn1c(Nc2cc(CNC(=O)C3(C(F)(F)F)CC3)cc(F)c2Cl)nc2cc(Cl)c(N3CCC(C(F)(F)F)CC3)cc21. The van der Waals surface area contributed by atoms with E-state index in [1.807, 2.05) is 0 Å². The molecule has 2 aliphatic rings. The van der Waals surface area contributed by atoms with Gasteiger partial charge in [-0.05, 0) is 55.5 Å². The summed E-state index contributed by atoms with van der Waals surface area (Å²) < 4.78 is 95.2. The van der Waals surface area contributed by atoms with Gasteiger partial charge >= 0.3 is 12.4 Å². The fourth-order valence-electron chi connectivity index (χ4n) is 5.08. The van der Waals surface area contributed by atoms with E-state index in [2.05, 4.69) is 15.6 Å². The van der Waals surface area contributed by atoms with Crippen LogP contribution in [-0.2, 0) is 18.4 Å². The summed E-state index contributed by atoms with van der Waals surface area (Å²) >= 11 is 12.6. The molecule has 6 nitrogen and oxygen atoms in total. The number of aryl methyl sites for hydroxylation is 1. The summed E-state index contributed by atoms with van der Waals surface area (Å²) in [7, 11) is 1.66. The third-order valence-electron chi connectivity index (χ3n) is 7.76. The summed E-state index contributed by atoms with van der Waals surface area (Å²) in [6.45, 7) is 0.00725. The van der Waals surface area contributed by atoms with E-state index in [9.17, 15) is 35.5 Å². The van der Waals surface area contributed by atoms with E-state index >= 15 is 0 Å². The van der Waals surface area contributed by atoms with Crippen molar-refractivity contribution >= 4 is 57.5 Å². The molecule has 5 rings (SSSR count). The number of imidazole rings is 1. The van der Waals surface area contributed by atoms with Gasteiger partial charge in [0.25, 0.3) is 0 Å². The molecule has 0 atom stereocenters. The molecule has 0 spiro atoms. The number of carbonyl (C=O) groups is 1. The number of alkyl halides is 6. The largest absolute Gasteiger partial charge is 0.403 e. The van der Waals surface area contributed by atoms with Crippen LogP contribution in [0.5, 0.6) is 0 Å². The van der Waals surface area contributed by atoms with Crippen LogP contribution in [0.1, 0.15) is 31.2 Å². The minimum absolute atomic E-state index is 0.0475. The summed E-state index contributed by atoms with van der Waals surface area (Å²) in [4.78, 5) is 18.5. The van der Waals surface area contributed by atoms with E-state index in [0.29, 0.717) is 21.7 Å². The molecule has 0 bridgehead atoms. The van der Waals surface area contributed by atoms with Crippen molar-refractivity contribution in [2.75, 3.05) is 23.3 Å². The fourth-order valence-corrected chi connectivity index (χ4v) is 5.51. The average molecular weight is 626 g/mol. The van der Waals surface area contributed by atoms with Crippen LogP contribution in [0.15, 0.2) is 24.3 Å². The average Bonchev–Trinajstić information content (AvgIpc) is 3.66. The van der Waals surface area contributed by atoms with E-state index in [0.717, 1.165) is 6.07 Å². The fraction of sp³-hybridized carbons (Fsp3) is 0.462. The van der Waals surface area contributed by atoms with Gasteiger partial charge in [0.2, 0.25) is 11.9 Å². The Morgan fingerprint density at radius 1 is 1.07 bits per heavy atom. The van der Waals surface area contributed by atoms with Gasteiger partial charge in [0.05, 0.1) is 38.4 Å². The van der Waals surface area contributed by atoms with Crippen LogP contribution < -0.4 is 15.5 Å². The van der Waals surface area contributed by atoms with Gasteiger partial charge in [-0.1, -0.05) is 23.2 Å². The van der Waals surface area contributed by atoms with E-state index in [1.54, 1.807) is 28.6 Å². The van der Waals surface area contributed by atoms with Crippen LogP contribution in [0.25, 0.3) is 11.0 Å². The van der Waals surface area contributed by atoms with Crippen molar-refractivity contribution in [1.82, 2.24) is 14.9 Å². The van der Waals surface area contributed by atoms with Crippen LogP contribution in [0.3, 0.4) is 0 Å². The Morgan fingerprint density at radius 2 is 1.73 bits per heavy atom. The highest BCUT2D eigenvalue weighted by molar-refractivity contribution is 6.34. The number of hydrogen-bond donors (Lipinski definition) is 2. The number of carbonyl (C=O) groups excluding carboxylic acids is 1. The van der Waals surface area contributed by atoms with E-state index in [4.69, 9.17) is 23.2 Å². The maximum Gasteiger partial charge on any atom is 0.403 e. The molecule has 1 amide bonds. The quantitative estimate of drug-likeness (QED) is 0.279. The van der Waals surface area contributed by atoms with Gasteiger partial charge in [0.15, 0.2) is 0 Å². The zero-order valence-electron chi connectivity index (χ0n) is 21.5. The Labute approximate surface area is 239 Å². The van der Waals surface area contributed by atoms with Crippen molar-refractivity contribution in [3.63, 3.8) is 0 Å². The lowest BCUT2D eigenvalue weighted by Crippen LogP contribution is -2.40. The Bertz CT molecular complexity index is 1490. The highest BCUT2D eigenvalue weighted by Gasteiger charge is 2.68. The number of halogens is 9. The first-order valence-corrected chi connectivity index (χ1v) is 13.4. The third-order valence-corrected chi connectivity index (χ3v) is 8.45. The summed E-state index contributed by atoms with van der Waals surface area (Å²) in [6.07, 6.45) is -9.60. The first kappa shape index (κ1) is 29.6. The maximum atomic E-state index is 14.6. The minimum Gasteiger partial charge on any atom is -0.370 e. The number of nitrogens with zero attached hydrogens (tertiary/aromatic N) is 3. The van der Waals surface area contributed by atoms with Gasteiger partial charge in [-0.3, -0.25) is 4.79 Å². The molecule has 1 saturated heterocycles. The lowest BCUT2D eigenvalue weighted by Gasteiger charge is -2.34. The third kappa shape index (κ3) is 5.62. The zero-order valence-corrected chi connectivity index (χ0v) is 23.0. The second kappa shape index (κ2) is 10.4. The van der Waals surface area contributed by atoms with Crippen molar-refractivity contribution in [1.29, 1.82) is 0 Å². The molecule has 0 radical (unpaired) electrons. The Hall–Kier alpha value is -2.93. The summed E-state index contributed by atoms with van der Waals surface area (Å²) in [6, 6.07) is 5.70. The number of fused-ring (bicyclic) bond motifs is 1. The normalized spacial score (nSPS) is 17.7. The molecule has 3 aromatic rings. The number of nitrogens with one attached hydrogen (secondary N) is 2. The molecule has 1 aromatic heterocycles. The minimum atomic E-state index is -4.67. The number of benzene rings is 2. The van der Waals surface area contributed by atoms with Crippen LogP contribution in [0.2, 0.25) is 10.0 Å². The zero-order chi connectivity index (χ0) is 29.9. The molecule has 1 saturated carbocycles. The first-order valence-electron chi connectivity index (χ1n) is 12.7. The Balaban J connectivity index is 1.35. The Kier molecular flexibility index (Phi) is 7.50. The molecular formula is C26H24Cl2F7N5O. The summed E-state index contributed by atoms with van der Waals surface area (Å²) in [5.41, 5.74) is -0.564. The van der Waals surface area contributed by atoms with Crippen molar-refractivity contribution in [2.45, 2.75) is 44.6 Å². The monoisotopic (exact) mass is 625 g/mol. The van der Waals surface area contributed by atoms with Crippen molar-refractivity contribution < 1.29 is 35.5 Å². The lowest BCUT2D eigenvalue weighted by molar-refractivity contribution is -0.192. The van der Waals surface area contributed by atoms with Gasteiger partial charge in [-0.2, -0.15) is 26.3 Å². The topological polar surface area (TPSA) is 62.2 Å². The molecule has 41 heavy (non-hydrogen) atoms. The molecule has 2 heterocycles. The molecule has 2 fully saturated rings. The number of anilines is 3. The van der Waals surface area contributed by atoms with E-state index in [-0.39, 0.29) is 67.5 Å². The number of rotatable bonds is 6. The molecule has 2 N–H and O–H groups in total. The van der Waals surface area contributed by atoms with Crippen molar-refractivity contribution in [2.24, 2.45) is 18.4 Å². The van der Waals surface area contributed by atoms with Crippen molar-refractivity contribution in [3.05, 3.63) is 45.7 Å². The molecule has 2 aromatic carbocycles. The van der Waals surface area contributed by atoms with Crippen LogP contribution in [-0.4, -0.2) is 40.9 Å². The van der Waals surface area contributed by atoms with Gasteiger partial charge in [0, 0.05) is 26.7 Å². The predicted octanol–water partition coefficient (Wildman–Crippen LogP) is 7.50. The van der Waals surface area contributed by atoms with Crippen LogP contribution in [0, 0.1) is 17.2 Å². The number of amides is 1. The molecule has 1 aliphatic carbocycles. The van der Waals surface area contributed by atoms with Crippen molar-refractivity contribution in [3.8, 4) is 0 Å². The molecule has 0 unspecified atom stereocenters. The number of aromatic nitrogens is 2. The number of hydrogen-bond acceptors (Lipinski definition) is 4. The summed E-state index contributed by atoms with van der Waals surface area (Å²) in [5.74, 6) is -3.16. The van der Waals surface area contributed by atoms with E-state index in [1.165, 1.54) is 6.07 Å². The highest BCUT2D eigenvalue weighted by Crippen LogP contribution is 2.57. The molecule has 222 valence electrons.